The molecule has 6 heteroatoms. The molecule has 1 N–H and O–H groups in total. The quantitative estimate of drug-likeness (QED) is 0.833. The fourth-order valence-electron chi connectivity index (χ4n) is 2.82. The normalized spacial score (nSPS) is 16.5. The van der Waals surface area contributed by atoms with E-state index in [-0.39, 0.29) is 12.3 Å². The molecule has 0 radical (unpaired) electrons. The molecule has 5 nitrogen and oxygen atoms in total. The molecule has 3 rings (SSSR count). The minimum Gasteiger partial charge on any atom is -0.480 e. The summed E-state index contributed by atoms with van der Waals surface area (Å²) in [6, 6.07) is 14.1. The Morgan fingerprint density at radius 2 is 2.04 bits per heavy atom. The predicted octanol–water partition coefficient (Wildman–Crippen LogP) is 3.06. The van der Waals surface area contributed by atoms with Crippen molar-refractivity contribution in [2.45, 2.75) is 25.0 Å². The molecule has 1 aliphatic heterocycles. The van der Waals surface area contributed by atoms with E-state index in [9.17, 15) is 9.59 Å². The van der Waals surface area contributed by atoms with Gasteiger partial charge in [-0.05, 0) is 29.3 Å². The number of fused-ring (bicyclic) bond motifs is 1. The molecule has 0 aliphatic carbocycles. The number of methoxy groups -OCH3 is 1. The van der Waals surface area contributed by atoms with E-state index in [0.717, 1.165) is 11.1 Å². The van der Waals surface area contributed by atoms with Crippen LogP contribution in [0.3, 0.4) is 0 Å². The molecule has 0 saturated heterocycles. The number of carbonyl (C=O) groups is 2. The molecule has 130 valence electrons. The number of halogens is 1. The van der Waals surface area contributed by atoms with Gasteiger partial charge in [-0.3, -0.25) is 9.59 Å². The fraction of sp³-hybridized carbons (Fsp3) is 0.263. The van der Waals surface area contributed by atoms with E-state index in [2.05, 4.69) is 5.32 Å². The van der Waals surface area contributed by atoms with Gasteiger partial charge in [-0.1, -0.05) is 41.9 Å². The molecule has 0 bridgehead atoms. The van der Waals surface area contributed by atoms with E-state index < -0.39 is 18.1 Å². The monoisotopic (exact) mass is 359 g/mol. The van der Waals surface area contributed by atoms with Crippen molar-refractivity contribution in [1.29, 1.82) is 0 Å². The Bertz CT molecular complexity index is 778. The first-order valence-corrected chi connectivity index (χ1v) is 8.32. The Morgan fingerprint density at radius 3 is 2.76 bits per heavy atom. The highest BCUT2D eigenvalue weighted by Crippen LogP contribution is 2.31. The van der Waals surface area contributed by atoms with Gasteiger partial charge in [0.1, 0.15) is 5.75 Å². The molecular weight excluding hydrogens is 342 g/mol. The number of nitrogens with one attached hydrogen (secondary N) is 1. The van der Waals surface area contributed by atoms with Gasteiger partial charge in [0.2, 0.25) is 0 Å². The highest BCUT2D eigenvalue weighted by Gasteiger charge is 2.31. The largest absolute Gasteiger partial charge is 0.480 e. The first-order valence-electron chi connectivity index (χ1n) is 7.94. The van der Waals surface area contributed by atoms with Crippen LogP contribution in [0.15, 0.2) is 48.5 Å². The van der Waals surface area contributed by atoms with Crippen molar-refractivity contribution in [2.24, 2.45) is 0 Å². The highest BCUT2D eigenvalue weighted by molar-refractivity contribution is 6.30. The van der Waals surface area contributed by atoms with Gasteiger partial charge in [-0.25, -0.2) is 0 Å². The van der Waals surface area contributed by atoms with E-state index in [1.165, 1.54) is 7.11 Å². The first-order chi connectivity index (χ1) is 12.1. The zero-order valence-corrected chi connectivity index (χ0v) is 14.5. The second-order valence-corrected chi connectivity index (χ2v) is 6.25. The van der Waals surface area contributed by atoms with E-state index in [1.807, 2.05) is 30.3 Å². The molecule has 1 heterocycles. The molecular formula is C19H18ClNO4. The molecule has 0 fully saturated rings. The van der Waals surface area contributed by atoms with Crippen LogP contribution in [0, 0.1) is 0 Å². The molecule has 2 aromatic rings. The molecule has 2 aromatic carbocycles. The number of hydrogen-bond acceptors (Lipinski definition) is 4. The smallest absolute Gasteiger partial charge is 0.307 e. The number of ether oxygens (including phenoxy) is 2. The molecule has 1 amide bonds. The van der Waals surface area contributed by atoms with Crippen LogP contribution in [-0.2, 0) is 20.7 Å². The Morgan fingerprint density at radius 1 is 1.28 bits per heavy atom. The van der Waals surface area contributed by atoms with Gasteiger partial charge >= 0.3 is 5.97 Å². The predicted molar refractivity (Wildman–Crippen MR) is 93.5 cm³/mol. The minimum absolute atomic E-state index is 0.0533. The molecule has 1 aliphatic rings. The van der Waals surface area contributed by atoms with Crippen LogP contribution >= 0.6 is 11.6 Å². The molecule has 0 spiro atoms. The molecule has 0 unspecified atom stereocenters. The second kappa shape index (κ2) is 7.57. The van der Waals surface area contributed by atoms with Crippen LogP contribution in [0.4, 0.5) is 0 Å². The summed E-state index contributed by atoms with van der Waals surface area (Å²) in [6.45, 7) is 0. The van der Waals surface area contributed by atoms with E-state index in [1.54, 1.807) is 18.2 Å². The first kappa shape index (κ1) is 17.3. The third-order valence-corrected chi connectivity index (χ3v) is 4.34. The number of esters is 1. The number of rotatable bonds is 5. The Balaban J connectivity index is 1.72. The lowest BCUT2D eigenvalue weighted by Crippen LogP contribution is -2.40. The van der Waals surface area contributed by atoms with Gasteiger partial charge in [-0.2, -0.15) is 0 Å². The van der Waals surface area contributed by atoms with Crippen molar-refractivity contribution in [3.63, 3.8) is 0 Å². The fourth-order valence-corrected chi connectivity index (χ4v) is 3.01. The Labute approximate surface area is 150 Å². The third-order valence-electron chi connectivity index (χ3n) is 4.11. The topological polar surface area (TPSA) is 64.6 Å². The SMILES string of the molecule is COC(=O)C[C@@H](NC(=O)[C@H]1Cc2cc(Cl)ccc2O1)c1ccccc1. The molecule has 0 aromatic heterocycles. The van der Waals surface area contributed by atoms with Gasteiger partial charge in [0.25, 0.3) is 5.91 Å². The van der Waals surface area contributed by atoms with Gasteiger partial charge in [0.15, 0.2) is 6.10 Å². The maximum Gasteiger partial charge on any atom is 0.307 e. The van der Waals surface area contributed by atoms with Gasteiger partial charge < -0.3 is 14.8 Å². The summed E-state index contributed by atoms with van der Waals surface area (Å²) >= 11 is 5.98. The zero-order valence-electron chi connectivity index (χ0n) is 13.7. The standard InChI is InChI=1S/C19H18ClNO4/c1-24-18(22)11-15(12-5-3-2-4-6-12)21-19(23)17-10-13-9-14(20)7-8-16(13)25-17/h2-9,15,17H,10-11H2,1H3,(H,21,23)/t15-,17-/m1/s1. The molecule has 0 saturated carbocycles. The number of carbonyl (C=O) groups excluding carboxylic acids is 2. The lowest BCUT2D eigenvalue weighted by molar-refractivity contribution is -0.141. The zero-order chi connectivity index (χ0) is 17.8. The van der Waals surface area contributed by atoms with Crippen molar-refractivity contribution < 1.29 is 19.1 Å². The molecule has 25 heavy (non-hydrogen) atoms. The van der Waals surface area contributed by atoms with E-state index >= 15 is 0 Å². The van der Waals surface area contributed by atoms with Crippen LogP contribution in [0.5, 0.6) is 5.75 Å². The van der Waals surface area contributed by atoms with Gasteiger partial charge in [0, 0.05) is 11.4 Å². The highest BCUT2D eigenvalue weighted by atomic mass is 35.5. The maximum atomic E-state index is 12.6. The molecule has 2 atom stereocenters. The van der Waals surface area contributed by atoms with Crippen molar-refractivity contribution in [1.82, 2.24) is 5.32 Å². The average Bonchev–Trinajstić information content (AvgIpc) is 3.05. The van der Waals surface area contributed by atoms with Crippen LogP contribution in [-0.4, -0.2) is 25.1 Å². The van der Waals surface area contributed by atoms with Crippen molar-refractivity contribution >= 4 is 23.5 Å². The minimum atomic E-state index is -0.641. The number of amides is 1. The number of benzene rings is 2. The van der Waals surface area contributed by atoms with Crippen LogP contribution in [0.2, 0.25) is 5.02 Å². The van der Waals surface area contributed by atoms with E-state index in [4.69, 9.17) is 21.1 Å². The third kappa shape index (κ3) is 4.12. The maximum absolute atomic E-state index is 12.6. The lowest BCUT2D eigenvalue weighted by Gasteiger charge is -2.20. The average molecular weight is 360 g/mol. The summed E-state index contributed by atoms with van der Waals surface area (Å²) in [4.78, 5) is 24.3. The summed E-state index contributed by atoms with van der Waals surface area (Å²) in [5.74, 6) is -0.00424. The van der Waals surface area contributed by atoms with Crippen molar-refractivity contribution in [3.8, 4) is 5.75 Å². The summed E-state index contributed by atoms with van der Waals surface area (Å²) in [7, 11) is 1.33. The van der Waals surface area contributed by atoms with Crippen molar-refractivity contribution in [2.75, 3.05) is 7.11 Å². The van der Waals surface area contributed by atoms with Crippen LogP contribution in [0.25, 0.3) is 0 Å². The lowest BCUT2D eigenvalue weighted by atomic mass is 10.0. The van der Waals surface area contributed by atoms with Crippen LogP contribution in [0.1, 0.15) is 23.6 Å². The second-order valence-electron chi connectivity index (χ2n) is 5.81. The summed E-state index contributed by atoms with van der Waals surface area (Å²) in [5.41, 5.74) is 1.73. The summed E-state index contributed by atoms with van der Waals surface area (Å²) < 4.78 is 10.4. The van der Waals surface area contributed by atoms with Crippen molar-refractivity contribution in [3.05, 3.63) is 64.7 Å². The Hall–Kier alpha value is -2.53. The Kier molecular flexibility index (Phi) is 5.24. The summed E-state index contributed by atoms with van der Waals surface area (Å²) in [5, 5.41) is 3.50. The summed E-state index contributed by atoms with van der Waals surface area (Å²) in [6.07, 6.45) is -0.142. The number of hydrogen-bond donors (Lipinski definition) is 1. The van der Waals surface area contributed by atoms with E-state index in [0.29, 0.717) is 17.2 Å². The van der Waals surface area contributed by atoms with Crippen LogP contribution < -0.4 is 10.1 Å². The van der Waals surface area contributed by atoms with Gasteiger partial charge in [0.05, 0.1) is 19.6 Å². The van der Waals surface area contributed by atoms with Gasteiger partial charge in [-0.15, -0.1) is 0 Å².